The molecular weight excluding hydrogens is 513 g/mol. The number of amides is 3. The number of ether oxygens (including phenoxy) is 2. The molecule has 222 valence electrons. The summed E-state index contributed by atoms with van der Waals surface area (Å²) < 4.78 is 23.3. The molecule has 2 aliphatic rings. The van der Waals surface area contributed by atoms with E-state index in [0.717, 1.165) is 12.8 Å². The number of rotatable bonds is 10. The van der Waals surface area contributed by atoms with Crippen LogP contribution in [0.15, 0.2) is 30.3 Å². The number of alkyl carbamates (subject to hydrolysis) is 1. The lowest BCUT2D eigenvalue weighted by molar-refractivity contribution is -0.138. The number of nitrogens with zero attached hydrogens (tertiary/aromatic N) is 1. The fourth-order valence-electron chi connectivity index (χ4n) is 4.56. The van der Waals surface area contributed by atoms with Gasteiger partial charge < -0.3 is 34.3 Å². The Morgan fingerprint density at radius 2 is 1.60 bits per heavy atom. The predicted molar refractivity (Wildman–Crippen MR) is 153 cm³/mol. The Morgan fingerprint density at radius 1 is 1.00 bits per heavy atom. The first kappa shape index (κ1) is 31.9. The molecule has 1 aromatic rings. The molecule has 2 atom stereocenters. The molecule has 2 aliphatic heterocycles. The second-order valence-electron chi connectivity index (χ2n) is 12.5. The maximum absolute atomic E-state index is 13.7. The SMILES string of the molecule is CC(C)(C)OC(=O)N[C@@H](CC(=O)N1CCOCC1)C(=O)N[C@@H](CCCc1ccccc1)B1OC(C)(C)C(C)(C)O1. The fraction of sp³-hybridized carbons (Fsp3) is 0.690. The molecule has 2 fully saturated rings. The van der Waals surface area contributed by atoms with Crippen molar-refractivity contribution in [1.82, 2.24) is 15.5 Å². The van der Waals surface area contributed by atoms with Crippen molar-refractivity contribution in [2.75, 3.05) is 26.3 Å². The van der Waals surface area contributed by atoms with Crippen molar-refractivity contribution in [2.45, 2.75) is 103 Å². The number of aryl methyl sites for hydroxylation is 1. The highest BCUT2D eigenvalue weighted by atomic mass is 16.7. The number of morpholine rings is 1. The molecule has 0 saturated carbocycles. The second-order valence-corrected chi connectivity index (χ2v) is 12.5. The Bertz CT molecular complexity index is 991. The van der Waals surface area contributed by atoms with Crippen molar-refractivity contribution in [3.05, 3.63) is 35.9 Å². The molecule has 2 N–H and O–H groups in total. The minimum Gasteiger partial charge on any atom is -0.444 e. The van der Waals surface area contributed by atoms with Gasteiger partial charge in [0.1, 0.15) is 11.6 Å². The van der Waals surface area contributed by atoms with Gasteiger partial charge in [0.25, 0.3) is 0 Å². The monoisotopic (exact) mass is 559 g/mol. The van der Waals surface area contributed by atoms with Gasteiger partial charge in [-0.25, -0.2) is 4.79 Å². The van der Waals surface area contributed by atoms with E-state index in [1.165, 1.54) is 5.56 Å². The standard InChI is InChI=1S/C29H46BN3O7/c1-27(2,3)38-26(36)31-22(20-24(34)33-16-18-37-19-17-33)25(35)32-23(15-11-14-21-12-9-8-10-13-21)30-39-28(4,5)29(6,7)40-30/h8-10,12-13,22-23H,11,14-20H2,1-7H3,(H,31,36)(H,32,35)/t22-,23-/m0/s1. The Hall–Kier alpha value is -2.63. The van der Waals surface area contributed by atoms with Crippen molar-refractivity contribution >= 4 is 25.0 Å². The molecule has 10 nitrogen and oxygen atoms in total. The maximum Gasteiger partial charge on any atom is 0.481 e. The predicted octanol–water partition coefficient (Wildman–Crippen LogP) is 3.27. The minimum atomic E-state index is -1.13. The van der Waals surface area contributed by atoms with Crippen LogP contribution in [0.1, 0.15) is 73.3 Å². The summed E-state index contributed by atoms with van der Waals surface area (Å²) in [4.78, 5) is 41.1. The van der Waals surface area contributed by atoms with Crippen LogP contribution >= 0.6 is 0 Å². The van der Waals surface area contributed by atoms with Gasteiger partial charge in [0.15, 0.2) is 0 Å². The normalized spacial score (nSPS) is 20.0. The largest absolute Gasteiger partial charge is 0.481 e. The Morgan fingerprint density at radius 3 is 2.17 bits per heavy atom. The highest BCUT2D eigenvalue weighted by Crippen LogP contribution is 2.38. The smallest absolute Gasteiger partial charge is 0.444 e. The number of carbonyl (C=O) groups is 3. The molecule has 0 unspecified atom stereocenters. The average molecular weight is 560 g/mol. The summed E-state index contributed by atoms with van der Waals surface area (Å²) in [5.41, 5.74) is -0.731. The summed E-state index contributed by atoms with van der Waals surface area (Å²) in [7, 11) is -0.693. The number of nitrogens with one attached hydrogen (secondary N) is 2. The first-order valence-electron chi connectivity index (χ1n) is 14.2. The highest BCUT2D eigenvalue weighted by molar-refractivity contribution is 6.48. The molecular formula is C29H46BN3O7. The first-order valence-corrected chi connectivity index (χ1v) is 14.2. The van der Waals surface area contributed by atoms with Crippen molar-refractivity contribution in [3.8, 4) is 0 Å². The molecule has 0 bridgehead atoms. The number of hydrogen-bond donors (Lipinski definition) is 2. The number of benzene rings is 1. The molecule has 0 aliphatic carbocycles. The van der Waals surface area contributed by atoms with E-state index in [1.807, 2.05) is 45.9 Å². The molecule has 40 heavy (non-hydrogen) atoms. The lowest BCUT2D eigenvalue weighted by atomic mass is 9.75. The third-order valence-electron chi connectivity index (χ3n) is 7.50. The fourth-order valence-corrected chi connectivity index (χ4v) is 4.56. The Balaban J connectivity index is 1.76. The third kappa shape index (κ3) is 9.21. The number of hydrogen-bond acceptors (Lipinski definition) is 7. The van der Waals surface area contributed by atoms with E-state index < -0.39 is 47.9 Å². The van der Waals surface area contributed by atoms with Crippen LogP contribution in [0, 0.1) is 0 Å². The van der Waals surface area contributed by atoms with Crippen LogP contribution in [0.3, 0.4) is 0 Å². The van der Waals surface area contributed by atoms with E-state index in [-0.39, 0.29) is 12.3 Å². The minimum absolute atomic E-state index is 0.203. The molecule has 3 amide bonds. The molecule has 0 aromatic heterocycles. The summed E-state index contributed by atoms with van der Waals surface area (Å²) in [6, 6.07) is 8.99. The van der Waals surface area contributed by atoms with E-state index >= 15 is 0 Å². The molecule has 11 heteroatoms. The zero-order valence-corrected chi connectivity index (χ0v) is 25.1. The zero-order valence-electron chi connectivity index (χ0n) is 25.1. The molecule has 0 spiro atoms. The average Bonchev–Trinajstić information content (AvgIpc) is 3.09. The summed E-state index contributed by atoms with van der Waals surface area (Å²) in [5, 5.41) is 5.66. The maximum atomic E-state index is 13.7. The Kier molecular flexibility index (Phi) is 10.7. The number of carbonyl (C=O) groups excluding carboxylic acids is 3. The van der Waals surface area contributed by atoms with Crippen LogP contribution in [-0.2, 0) is 34.8 Å². The lowest BCUT2D eigenvalue weighted by Gasteiger charge is -2.32. The van der Waals surface area contributed by atoms with Crippen LogP contribution in [0.5, 0.6) is 0 Å². The van der Waals surface area contributed by atoms with Gasteiger partial charge in [0, 0.05) is 13.1 Å². The van der Waals surface area contributed by atoms with Crippen LogP contribution < -0.4 is 10.6 Å². The molecule has 1 aromatic carbocycles. The van der Waals surface area contributed by atoms with Crippen LogP contribution in [0.4, 0.5) is 4.79 Å². The van der Waals surface area contributed by atoms with Crippen molar-refractivity contribution in [2.24, 2.45) is 0 Å². The van der Waals surface area contributed by atoms with Gasteiger partial charge in [0.2, 0.25) is 11.8 Å². The molecule has 0 radical (unpaired) electrons. The second kappa shape index (κ2) is 13.4. The molecule has 3 rings (SSSR count). The van der Waals surface area contributed by atoms with Crippen LogP contribution in [0.2, 0.25) is 0 Å². The highest BCUT2D eigenvalue weighted by Gasteiger charge is 2.54. The van der Waals surface area contributed by atoms with Gasteiger partial charge in [-0.2, -0.15) is 0 Å². The quantitative estimate of drug-likeness (QED) is 0.423. The van der Waals surface area contributed by atoms with Crippen LogP contribution in [0.25, 0.3) is 0 Å². The third-order valence-corrected chi connectivity index (χ3v) is 7.50. The van der Waals surface area contributed by atoms with Gasteiger partial charge in [-0.05, 0) is 73.3 Å². The lowest BCUT2D eigenvalue weighted by Crippen LogP contribution is -2.56. The topological polar surface area (TPSA) is 115 Å². The summed E-state index contributed by atoms with van der Waals surface area (Å²) >= 11 is 0. The van der Waals surface area contributed by atoms with E-state index in [4.69, 9.17) is 18.8 Å². The summed E-state index contributed by atoms with van der Waals surface area (Å²) in [6.07, 6.45) is 1.20. The van der Waals surface area contributed by atoms with Gasteiger partial charge >= 0.3 is 13.2 Å². The molecule has 2 saturated heterocycles. The van der Waals surface area contributed by atoms with E-state index in [1.54, 1.807) is 25.7 Å². The van der Waals surface area contributed by atoms with E-state index in [0.29, 0.717) is 32.7 Å². The molecule has 2 heterocycles. The van der Waals surface area contributed by atoms with Gasteiger partial charge in [-0.15, -0.1) is 0 Å². The van der Waals surface area contributed by atoms with Crippen LogP contribution in [-0.4, -0.2) is 85.0 Å². The Labute approximate surface area is 239 Å². The van der Waals surface area contributed by atoms with Crippen molar-refractivity contribution < 1.29 is 33.2 Å². The van der Waals surface area contributed by atoms with Gasteiger partial charge in [-0.3, -0.25) is 9.59 Å². The zero-order chi connectivity index (χ0) is 29.6. The van der Waals surface area contributed by atoms with Crippen molar-refractivity contribution in [1.29, 1.82) is 0 Å². The van der Waals surface area contributed by atoms with E-state index in [9.17, 15) is 14.4 Å². The first-order chi connectivity index (χ1) is 18.7. The summed E-state index contributed by atoms with van der Waals surface area (Å²) in [5.74, 6) is -1.23. The van der Waals surface area contributed by atoms with Gasteiger partial charge in [-0.1, -0.05) is 30.3 Å². The summed E-state index contributed by atoms with van der Waals surface area (Å²) in [6.45, 7) is 14.8. The van der Waals surface area contributed by atoms with Gasteiger partial charge in [0.05, 0.1) is 36.8 Å². The van der Waals surface area contributed by atoms with Crippen molar-refractivity contribution in [3.63, 3.8) is 0 Å². The van der Waals surface area contributed by atoms with E-state index in [2.05, 4.69) is 22.8 Å².